The molecule has 1 aromatic heterocycles. The molecule has 1 N–H and O–H groups in total. The van der Waals surface area contributed by atoms with Crippen LogP contribution in [0.5, 0.6) is 0 Å². The van der Waals surface area contributed by atoms with Crippen molar-refractivity contribution in [3.8, 4) is 0 Å². The maximum absolute atomic E-state index is 11.6. The molecule has 1 aliphatic carbocycles. The molecular formula is C12H11Cl2N3OS. The van der Waals surface area contributed by atoms with Crippen molar-refractivity contribution in [3.05, 3.63) is 44.3 Å². The molecule has 0 radical (unpaired) electrons. The fraction of sp³-hybridized carbons (Fsp3) is 0.333. The van der Waals surface area contributed by atoms with Gasteiger partial charge in [0.25, 0.3) is 0 Å². The number of aromatic amines is 1. The summed E-state index contributed by atoms with van der Waals surface area (Å²) in [7, 11) is 0. The zero-order chi connectivity index (χ0) is 13.4. The van der Waals surface area contributed by atoms with E-state index in [-0.39, 0.29) is 5.69 Å². The average molecular weight is 316 g/mol. The zero-order valence-electron chi connectivity index (χ0n) is 9.90. The standard InChI is InChI=1S/C12H11Cl2N3OS/c13-8-2-1-7(10(14)5-8)6-19-12-16-15-11(18)17(12)9-3-4-9/h1-2,5,9H,3-4,6H2,(H,15,18). The number of nitrogens with zero attached hydrogens (tertiary/aromatic N) is 2. The van der Waals surface area contributed by atoms with Gasteiger partial charge in [0, 0.05) is 21.8 Å². The van der Waals surface area contributed by atoms with Gasteiger partial charge < -0.3 is 0 Å². The molecule has 1 fully saturated rings. The summed E-state index contributed by atoms with van der Waals surface area (Å²) in [6, 6.07) is 5.73. The van der Waals surface area contributed by atoms with Crippen molar-refractivity contribution in [1.82, 2.24) is 14.8 Å². The van der Waals surface area contributed by atoms with Crippen molar-refractivity contribution in [2.24, 2.45) is 0 Å². The summed E-state index contributed by atoms with van der Waals surface area (Å²) < 4.78 is 1.73. The molecule has 1 aromatic carbocycles. The van der Waals surface area contributed by atoms with Gasteiger partial charge in [0.05, 0.1) is 0 Å². The lowest BCUT2D eigenvalue weighted by molar-refractivity contribution is 0.642. The van der Waals surface area contributed by atoms with Crippen molar-refractivity contribution in [2.45, 2.75) is 29.8 Å². The number of hydrogen-bond donors (Lipinski definition) is 1. The van der Waals surface area contributed by atoms with Crippen LogP contribution in [0.4, 0.5) is 0 Å². The van der Waals surface area contributed by atoms with Gasteiger partial charge in [-0.2, -0.15) is 0 Å². The van der Waals surface area contributed by atoms with Crippen LogP contribution in [-0.2, 0) is 5.75 Å². The molecule has 3 rings (SSSR count). The van der Waals surface area contributed by atoms with Crippen molar-refractivity contribution < 1.29 is 0 Å². The number of nitrogens with one attached hydrogen (secondary N) is 1. The summed E-state index contributed by atoms with van der Waals surface area (Å²) in [5, 5.41) is 8.53. The Balaban J connectivity index is 1.77. The van der Waals surface area contributed by atoms with Crippen LogP contribution in [0.3, 0.4) is 0 Å². The fourth-order valence-corrected chi connectivity index (χ4v) is 3.40. The zero-order valence-corrected chi connectivity index (χ0v) is 12.2. The summed E-state index contributed by atoms with van der Waals surface area (Å²) >= 11 is 13.5. The van der Waals surface area contributed by atoms with E-state index in [4.69, 9.17) is 23.2 Å². The lowest BCUT2D eigenvalue weighted by Crippen LogP contribution is -2.16. The van der Waals surface area contributed by atoms with E-state index in [1.54, 1.807) is 10.6 Å². The molecule has 0 spiro atoms. The van der Waals surface area contributed by atoms with Gasteiger partial charge in [-0.25, -0.2) is 9.89 Å². The Labute approximate surface area is 124 Å². The highest BCUT2D eigenvalue weighted by atomic mass is 35.5. The van der Waals surface area contributed by atoms with Crippen LogP contribution in [0.25, 0.3) is 0 Å². The Morgan fingerprint density at radius 3 is 2.89 bits per heavy atom. The van der Waals surface area contributed by atoms with E-state index in [1.807, 2.05) is 12.1 Å². The van der Waals surface area contributed by atoms with Gasteiger partial charge in [0.15, 0.2) is 5.16 Å². The molecule has 1 saturated carbocycles. The monoisotopic (exact) mass is 315 g/mol. The molecule has 19 heavy (non-hydrogen) atoms. The molecule has 0 amide bonds. The Morgan fingerprint density at radius 2 is 2.21 bits per heavy atom. The SMILES string of the molecule is O=c1[nH]nc(SCc2ccc(Cl)cc2Cl)n1C1CC1. The number of H-pyrrole nitrogens is 1. The van der Waals surface area contributed by atoms with Gasteiger partial charge in [-0.1, -0.05) is 41.0 Å². The molecule has 100 valence electrons. The summed E-state index contributed by atoms with van der Waals surface area (Å²) in [5.74, 6) is 0.660. The Hall–Kier alpha value is -0.910. The third-order valence-corrected chi connectivity index (χ3v) is 4.54. The average Bonchev–Trinajstić information content (AvgIpc) is 3.13. The second-order valence-electron chi connectivity index (χ2n) is 4.44. The molecule has 0 saturated heterocycles. The van der Waals surface area contributed by atoms with Gasteiger partial charge in [-0.3, -0.25) is 4.57 Å². The van der Waals surface area contributed by atoms with Crippen LogP contribution in [0.2, 0.25) is 10.0 Å². The minimum absolute atomic E-state index is 0.132. The molecule has 0 aliphatic heterocycles. The highest BCUT2D eigenvalue weighted by Crippen LogP contribution is 2.37. The summed E-state index contributed by atoms with van der Waals surface area (Å²) in [4.78, 5) is 11.6. The number of rotatable bonds is 4. The number of aromatic nitrogens is 3. The van der Waals surface area contributed by atoms with E-state index in [9.17, 15) is 4.79 Å². The molecule has 0 bridgehead atoms. The van der Waals surface area contributed by atoms with Crippen molar-refractivity contribution in [2.75, 3.05) is 0 Å². The topological polar surface area (TPSA) is 50.7 Å². The van der Waals surface area contributed by atoms with Crippen molar-refractivity contribution in [3.63, 3.8) is 0 Å². The molecule has 0 atom stereocenters. The molecule has 1 heterocycles. The summed E-state index contributed by atoms with van der Waals surface area (Å²) in [5.41, 5.74) is 0.848. The molecule has 1 aliphatic rings. The van der Waals surface area contributed by atoms with Gasteiger partial charge in [-0.15, -0.1) is 5.10 Å². The first-order valence-corrected chi connectivity index (χ1v) is 7.63. The smallest absolute Gasteiger partial charge is 0.267 e. The lowest BCUT2D eigenvalue weighted by Gasteiger charge is -2.05. The van der Waals surface area contributed by atoms with Gasteiger partial charge in [-0.05, 0) is 30.5 Å². The Morgan fingerprint density at radius 1 is 1.42 bits per heavy atom. The highest BCUT2D eigenvalue weighted by molar-refractivity contribution is 7.98. The van der Waals surface area contributed by atoms with Crippen LogP contribution in [0.15, 0.2) is 28.2 Å². The first-order chi connectivity index (χ1) is 9.15. The molecule has 7 heteroatoms. The third-order valence-electron chi connectivity index (χ3n) is 2.96. The van der Waals surface area contributed by atoms with E-state index < -0.39 is 0 Å². The van der Waals surface area contributed by atoms with E-state index in [0.717, 1.165) is 23.6 Å². The van der Waals surface area contributed by atoms with E-state index in [0.29, 0.717) is 21.8 Å². The van der Waals surface area contributed by atoms with E-state index in [2.05, 4.69) is 10.2 Å². The predicted octanol–water partition coefficient (Wildman–Crippen LogP) is 3.51. The summed E-state index contributed by atoms with van der Waals surface area (Å²) in [6.45, 7) is 0. The van der Waals surface area contributed by atoms with Crippen molar-refractivity contribution in [1.29, 1.82) is 0 Å². The third kappa shape index (κ3) is 2.83. The second-order valence-corrected chi connectivity index (χ2v) is 6.22. The normalized spacial score (nSPS) is 14.8. The molecule has 4 nitrogen and oxygen atoms in total. The molecular weight excluding hydrogens is 305 g/mol. The molecule has 0 unspecified atom stereocenters. The largest absolute Gasteiger partial charge is 0.344 e. The predicted molar refractivity (Wildman–Crippen MR) is 77.1 cm³/mol. The lowest BCUT2D eigenvalue weighted by atomic mass is 10.2. The van der Waals surface area contributed by atoms with Gasteiger partial charge >= 0.3 is 5.69 Å². The highest BCUT2D eigenvalue weighted by Gasteiger charge is 2.28. The number of thioether (sulfide) groups is 1. The Bertz CT molecular complexity index is 663. The number of hydrogen-bond acceptors (Lipinski definition) is 3. The van der Waals surface area contributed by atoms with Crippen LogP contribution >= 0.6 is 35.0 Å². The van der Waals surface area contributed by atoms with Gasteiger partial charge in [0.1, 0.15) is 0 Å². The van der Waals surface area contributed by atoms with Crippen LogP contribution in [0, 0.1) is 0 Å². The number of halogens is 2. The Kier molecular flexibility index (Phi) is 3.60. The first kappa shape index (κ1) is 13.1. The first-order valence-electron chi connectivity index (χ1n) is 5.89. The quantitative estimate of drug-likeness (QED) is 0.878. The van der Waals surface area contributed by atoms with E-state index in [1.165, 1.54) is 11.8 Å². The van der Waals surface area contributed by atoms with Gasteiger partial charge in [0.2, 0.25) is 0 Å². The fourth-order valence-electron chi connectivity index (χ4n) is 1.83. The maximum atomic E-state index is 11.6. The summed E-state index contributed by atoms with van der Waals surface area (Å²) in [6.07, 6.45) is 2.10. The van der Waals surface area contributed by atoms with E-state index >= 15 is 0 Å². The van der Waals surface area contributed by atoms with Crippen molar-refractivity contribution >= 4 is 35.0 Å². The second kappa shape index (κ2) is 5.23. The molecule has 2 aromatic rings. The van der Waals surface area contributed by atoms with Crippen LogP contribution in [0.1, 0.15) is 24.4 Å². The number of benzene rings is 1. The van der Waals surface area contributed by atoms with Crippen LogP contribution < -0.4 is 5.69 Å². The minimum atomic E-state index is -0.132. The van der Waals surface area contributed by atoms with Crippen LogP contribution in [-0.4, -0.2) is 14.8 Å². The minimum Gasteiger partial charge on any atom is -0.267 e. The maximum Gasteiger partial charge on any atom is 0.344 e.